The third-order valence-corrected chi connectivity index (χ3v) is 2.70. The summed E-state index contributed by atoms with van der Waals surface area (Å²) in [5.41, 5.74) is -0.780. The monoisotopic (exact) mass is 309 g/mol. The zero-order valence-electron chi connectivity index (χ0n) is 9.51. The predicted octanol–water partition coefficient (Wildman–Crippen LogP) is 3.47. The van der Waals surface area contributed by atoms with Gasteiger partial charge >= 0.3 is 6.18 Å². The fraction of sp³-hybridized carbons (Fsp3) is 0.400. The minimum atomic E-state index is -4.42. The number of alkyl halides is 3. The van der Waals surface area contributed by atoms with E-state index in [1.54, 1.807) is 25.9 Å². The number of halogens is 4. The molecule has 0 aromatic carbocycles. The second-order valence-corrected chi connectivity index (χ2v) is 4.43. The molecule has 0 bridgehead atoms. The maximum atomic E-state index is 12.6. The van der Waals surface area contributed by atoms with Crippen molar-refractivity contribution in [3.8, 4) is 0 Å². The van der Waals surface area contributed by atoms with Gasteiger partial charge < -0.3 is 4.90 Å². The summed E-state index contributed by atoms with van der Waals surface area (Å²) < 4.78 is 37.7. The lowest BCUT2D eigenvalue weighted by Gasteiger charge is -2.12. The zero-order valence-corrected chi connectivity index (χ0v) is 11.1. The van der Waals surface area contributed by atoms with E-state index in [1.165, 1.54) is 0 Å². The molecule has 0 aliphatic heterocycles. The lowest BCUT2D eigenvalue weighted by Crippen LogP contribution is -2.18. The van der Waals surface area contributed by atoms with E-state index in [9.17, 15) is 13.2 Å². The van der Waals surface area contributed by atoms with Gasteiger partial charge in [0.05, 0.1) is 5.56 Å². The van der Waals surface area contributed by atoms with E-state index >= 15 is 0 Å². The minimum absolute atomic E-state index is 0.0340. The maximum Gasteiger partial charge on any atom is 0.417 e. The van der Waals surface area contributed by atoms with Crippen LogP contribution in [0.2, 0.25) is 0 Å². The first-order chi connectivity index (χ1) is 7.71. The van der Waals surface area contributed by atoms with Gasteiger partial charge in [-0.25, -0.2) is 9.98 Å². The molecule has 0 saturated heterocycles. The van der Waals surface area contributed by atoms with Gasteiger partial charge in [0.2, 0.25) is 0 Å². The van der Waals surface area contributed by atoms with Crippen molar-refractivity contribution < 1.29 is 13.2 Å². The van der Waals surface area contributed by atoms with Gasteiger partial charge in [0, 0.05) is 24.8 Å². The molecule has 0 unspecified atom stereocenters. The quantitative estimate of drug-likeness (QED) is 0.587. The van der Waals surface area contributed by atoms with E-state index < -0.39 is 11.7 Å². The lowest BCUT2D eigenvalue weighted by atomic mass is 10.2. The molecule has 1 rings (SSSR count). The smallest absolute Gasteiger partial charge is 0.366 e. The Morgan fingerprint density at radius 1 is 1.41 bits per heavy atom. The first kappa shape index (κ1) is 14.0. The zero-order chi connectivity index (χ0) is 13.2. The Balaban J connectivity index is 3.18. The van der Waals surface area contributed by atoms with Gasteiger partial charge in [-0.3, -0.25) is 0 Å². The van der Waals surface area contributed by atoms with Crippen LogP contribution in [0.4, 0.5) is 19.0 Å². The van der Waals surface area contributed by atoms with Crippen LogP contribution in [0.1, 0.15) is 12.5 Å². The van der Waals surface area contributed by atoms with Gasteiger partial charge in [-0.15, -0.1) is 0 Å². The molecule has 0 spiro atoms. The Morgan fingerprint density at radius 2 is 2.00 bits per heavy atom. The molecule has 0 saturated carbocycles. The fourth-order valence-corrected chi connectivity index (χ4v) is 1.41. The maximum absolute atomic E-state index is 12.6. The summed E-state index contributed by atoms with van der Waals surface area (Å²) in [5, 5.41) is 0. The summed E-state index contributed by atoms with van der Waals surface area (Å²) in [6.45, 7) is 1.69. The Labute approximate surface area is 105 Å². The summed E-state index contributed by atoms with van der Waals surface area (Å²) in [7, 11) is 3.50. The SMILES string of the molecule is CC(=Nc1cc(C(F)(F)F)c(Br)cn1)N(C)C. The number of pyridine rings is 1. The van der Waals surface area contributed by atoms with Gasteiger partial charge in [-0.1, -0.05) is 0 Å². The Kier molecular flexibility index (Phi) is 4.13. The highest BCUT2D eigenvalue weighted by Crippen LogP contribution is 2.35. The van der Waals surface area contributed by atoms with Crippen molar-refractivity contribution in [3.05, 3.63) is 22.3 Å². The fourth-order valence-electron chi connectivity index (χ4n) is 0.972. The van der Waals surface area contributed by atoms with Crippen LogP contribution in [-0.2, 0) is 6.18 Å². The molecule has 0 aliphatic rings. The van der Waals surface area contributed by atoms with E-state index in [1.807, 2.05) is 0 Å². The van der Waals surface area contributed by atoms with Crippen molar-refractivity contribution in [2.24, 2.45) is 4.99 Å². The summed E-state index contributed by atoms with van der Waals surface area (Å²) >= 11 is 2.82. The standard InChI is InChI=1S/C10H11BrF3N3/c1-6(17(2)3)16-9-4-7(10(12,13)14)8(11)5-15-9/h4-5H,1-3H3. The lowest BCUT2D eigenvalue weighted by molar-refractivity contribution is -0.138. The highest BCUT2D eigenvalue weighted by Gasteiger charge is 2.33. The van der Waals surface area contributed by atoms with Crippen LogP contribution in [0, 0.1) is 0 Å². The van der Waals surface area contributed by atoms with Crippen molar-refractivity contribution in [3.63, 3.8) is 0 Å². The molecule has 0 atom stereocenters. The van der Waals surface area contributed by atoms with Gasteiger partial charge in [0.15, 0.2) is 5.82 Å². The van der Waals surface area contributed by atoms with Crippen molar-refractivity contribution >= 4 is 27.6 Å². The number of aliphatic imine (C=N–C) groups is 1. The van der Waals surface area contributed by atoms with Crippen molar-refractivity contribution in [2.75, 3.05) is 14.1 Å². The van der Waals surface area contributed by atoms with Crippen molar-refractivity contribution in [1.29, 1.82) is 0 Å². The van der Waals surface area contributed by atoms with Crippen LogP contribution < -0.4 is 0 Å². The normalized spacial score (nSPS) is 12.8. The average Bonchev–Trinajstić information content (AvgIpc) is 2.19. The summed E-state index contributed by atoms with van der Waals surface area (Å²) in [5.74, 6) is 0.611. The highest BCUT2D eigenvalue weighted by molar-refractivity contribution is 9.10. The molecule has 0 radical (unpaired) electrons. The van der Waals surface area contributed by atoms with E-state index in [0.717, 1.165) is 12.3 Å². The van der Waals surface area contributed by atoms with E-state index in [0.29, 0.717) is 5.84 Å². The van der Waals surface area contributed by atoms with Gasteiger partial charge in [0.1, 0.15) is 5.84 Å². The number of rotatable bonds is 1. The molecular formula is C10H11BrF3N3. The number of hydrogen-bond acceptors (Lipinski definition) is 2. The summed E-state index contributed by atoms with van der Waals surface area (Å²) in [6, 6.07) is 0.914. The van der Waals surface area contributed by atoms with Gasteiger partial charge in [0.25, 0.3) is 0 Å². The third kappa shape index (κ3) is 3.69. The molecule has 0 amide bonds. The Morgan fingerprint density at radius 3 is 2.47 bits per heavy atom. The molecule has 1 heterocycles. The molecule has 0 aliphatic carbocycles. The molecule has 0 N–H and O–H groups in total. The largest absolute Gasteiger partial charge is 0.417 e. The number of nitrogens with zero attached hydrogens (tertiary/aromatic N) is 3. The van der Waals surface area contributed by atoms with Crippen molar-refractivity contribution in [1.82, 2.24) is 9.88 Å². The third-order valence-electron chi connectivity index (χ3n) is 2.07. The van der Waals surface area contributed by atoms with E-state index in [2.05, 4.69) is 25.9 Å². The van der Waals surface area contributed by atoms with Crippen LogP contribution in [0.15, 0.2) is 21.7 Å². The van der Waals surface area contributed by atoms with Crippen LogP contribution >= 0.6 is 15.9 Å². The minimum Gasteiger partial charge on any atom is -0.366 e. The van der Waals surface area contributed by atoms with Crippen LogP contribution in [0.5, 0.6) is 0 Å². The Hall–Kier alpha value is -1.11. The van der Waals surface area contributed by atoms with Crippen LogP contribution in [0.3, 0.4) is 0 Å². The molecular weight excluding hydrogens is 299 g/mol. The van der Waals surface area contributed by atoms with Gasteiger partial charge in [-0.05, 0) is 28.9 Å². The highest BCUT2D eigenvalue weighted by atomic mass is 79.9. The predicted molar refractivity (Wildman–Crippen MR) is 63.4 cm³/mol. The molecule has 1 aromatic rings. The van der Waals surface area contributed by atoms with Crippen molar-refractivity contribution in [2.45, 2.75) is 13.1 Å². The first-order valence-electron chi connectivity index (χ1n) is 4.67. The average molecular weight is 310 g/mol. The Bertz CT molecular complexity index is 441. The van der Waals surface area contributed by atoms with Crippen LogP contribution in [-0.4, -0.2) is 29.8 Å². The van der Waals surface area contributed by atoms with E-state index in [-0.39, 0.29) is 10.3 Å². The first-order valence-corrected chi connectivity index (χ1v) is 5.46. The molecule has 3 nitrogen and oxygen atoms in total. The second kappa shape index (κ2) is 5.03. The number of amidine groups is 1. The molecule has 7 heteroatoms. The molecule has 94 valence electrons. The number of hydrogen-bond donors (Lipinski definition) is 0. The van der Waals surface area contributed by atoms with Gasteiger partial charge in [-0.2, -0.15) is 13.2 Å². The molecule has 0 fully saturated rings. The summed E-state index contributed by atoms with van der Waals surface area (Å²) in [6.07, 6.45) is -3.32. The van der Waals surface area contributed by atoms with Crippen LogP contribution in [0.25, 0.3) is 0 Å². The molecule has 1 aromatic heterocycles. The van der Waals surface area contributed by atoms with E-state index in [4.69, 9.17) is 0 Å². The molecule has 17 heavy (non-hydrogen) atoms. The second-order valence-electron chi connectivity index (χ2n) is 3.57. The topological polar surface area (TPSA) is 28.5 Å². The number of aromatic nitrogens is 1. The summed E-state index contributed by atoms with van der Waals surface area (Å²) in [4.78, 5) is 9.49.